The van der Waals surface area contributed by atoms with E-state index in [9.17, 15) is 9.18 Å². The summed E-state index contributed by atoms with van der Waals surface area (Å²) in [5.41, 5.74) is 2.47. The third kappa shape index (κ3) is 5.14. The first kappa shape index (κ1) is 17.6. The van der Waals surface area contributed by atoms with Gasteiger partial charge in [0.2, 0.25) is 0 Å². The van der Waals surface area contributed by atoms with Gasteiger partial charge in [-0.05, 0) is 48.7 Å². The molecule has 0 aliphatic heterocycles. The van der Waals surface area contributed by atoms with E-state index in [1.807, 2.05) is 24.3 Å². The first-order valence-electron chi connectivity index (χ1n) is 8.51. The molecule has 2 N–H and O–H groups in total. The Bertz CT molecular complexity index is 851. The molecule has 0 atom stereocenters. The summed E-state index contributed by atoms with van der Waals surface area (Å²) in [6.07, 6.45) is 3.70. The highest BCUT2D eigenvalue weighted by atomic mass is 19.1. The summed E-state index contributed by atoms with van der Waals surface area (Å²) in [5, 5.41) is 5.97. The van der Waals surface area contributed by atoms with Gasteiger partial charge in [-0.1, -0.05) is 36.4 Å². The zero-order chi connectivity index (χ0) is 18.2. The molecule has 5 heteroatoms. The van der Waals surface area contributed by atoms with Crippen molar-refractivity contribution in [3.8, 4) is 0 Å². The quantitative estimate of drug-likeness (QED) is 0.617. The Morgan fingerprint density at radius 2 is 1.85 bits per heavy atom. The van der Waals surface area contributed by atoms with Crippen molar-refractivity contribution in [1.82, 2.24) is 4.98 Å². The van der Waals surface area contributed by atoms with Crippen molar-refractivity contribution in [3.63, 3.8) is 0 Å². The minimum atomic E-state index is -0.444. The molecule has 0 saturated heterocycles. The van der Waals surface area contributed by atoms with Crippen LogP contribution in [0, 0.1) is 5.82 Å². The SMILES string of the molecule is O=C(Nc1ccc(NCCCc2ccccc2)cn1)c1cccc(F)c1. The molecular formula is C21H20FN3O. The average Bonchev–Trinajstić information content (AvgIpc) is 2.67. The van der Waals surface area contributed by atoms with Crippen molar-refractivity contribution in [2.75, 3.05) is 17.2 Å². The smallest absolute Gasteiger partial charge is 0.256 e. The number of nitrogens with one attached hydrogen (secondary N) is 2. The van der Waals surface area contributed by atoms with Crippen LogP contribution in [-0.2, 0) is 6.42 Å². The lowest BCUT2D eigenvalue weighted by Crippen LogP contribution is -2.13. The van der Waals surface area contributed by atoms with E-state index >= 15 is 0 Å². The second-order valence-corrected chi connectivity index (χ2v) is 5.91. The third-order valence-electron chi connectivity index (χ3n) is 3.91. The van der Waals surface area contributed by atoms with Crippen molar-refractivity contribution in [1.29, 1.82) is 0 Å². The van der Waals surface area contributed by atoms with Gasteiger partial charge in [-0.2, -0.15) is 0 Å². The van der Waals surface area contributed by atoms with Gasteiger partial charge in [-0.15, -0.1) is 0 Å². The van der Waals surface area contributed by atoms with Crippen LogP contribution in [0.15, 0.2) is 72.9 Å². The summed E-state index contributed by atoms with van der Waals surface area (Å²) < 4.78 is 13.2. The number of amides is 1. The van der Waals surface area contributed by atoms with Crippen LogP contribution in [0.4, 0.5) is 15.9 Å². The van der Waals surface area contributed by atoms with Crippen LogP contribution in [0.3, 0.4) is 0 Å². The Kier molecular flexibility index (Phi) is 5.93. The van der Waals surface area contributed by atoms with Crippen LogP contribution >= 0.6 is 0 Å². The number of carbonyl (C=O) groups excluding carboxylic acids is 1. The molecule has 0 aliphatic carbocycles. The van der Waals surface area contributed by atoms with Gasteiger partial charge in [0.15, 0.2) is 0 Å². The minimum absolute atomic E-state index is 0.259. The largest absolute Gasteiger partial charge is 0.384 e. The molecule has 0 bridgehead atoms. The van der Waals surface area contributed by atoms with Crippen LogP contribution < -0.4 is 10.6 Å². The highest BCUT2D eigenvalue weighted by molar-refractivity contribution is 6.03. The summed E-state index contributed by atoms with van der Waals surface area (Å²) in [4.78, 5) is 16.3. The number of anilines is 2. The zero-order valence-electron chi connectivity index (χ0n) is 14.3. The predicted octanol–water partition coefficient (Wildman–Crippen LogP) is 4.52. The van der Waals surface area contributed by atoms with E-state index in [2.05, 4.69) is 27.8 Å². The van der Waals surface area contributed by atoms with Gasteiger partial charge in [0, 0.05) is 12.1 Å². The van der Waals surface area contributed by atoms with Gasteiger partial charge in [0.25, 0.3) is 5.91 Å². The predicted molar refractivity (Wildman–Crippen MR) is 102 cm³/mol. The van der Waals surface area contributed by atoms with Crippen molar-refractivity contribution >= 4 is 17.4 Å². The van der Waals surface area contributed by atoms with Gasteiger partial charge in [0.05, 0.1) is 11.9 Å². The van der Waals surface area contributed by atoms with Crippen LogP contribution in [0.25, 0.3) is 0 Å². The Labute approximate surface area is 152 Å². The lowest BCUT2D eigenvalue weighted by Gasteiger charge is -2.08. The first-order valence-corrected chi connectivity index (χ1v) is 8.51. The summed E-state index contributed by atoms with van der Waals surface area (Å²) in [7, 11) is 0. The maximum absolute atomic E-state index is 13.2. The Morgan fingerprint density at radius 3 is 2.58 bits per heavy atom. The minimum Gasteiger partial charge on any atom is -0.384 e. The number of pyridine rings is 1. The number of halogens is 1. The normalized spacial score (nSPS) is 10.3. The number of carbonyl (C=O) groups is 1. The molecule has 26 heavy (non-hydrogen) atoms. The fraction of sp³-hybridized carbons (Fsp3) is 0.143. The molecule has 0 fully saturated rings. The molecule has 4 nitrogen and oxygen atoms in total. The lowest BCUT2D eigenvalue weighted by atomic mass is 10.1. The number of hydrogen-bond donors (Lipinski definition) is 2. The van der Waals surface area contributed by atoms with Gasteiger partial charge >= 0.3 is 0 Å². The monoisotopic (exact) mass is 349 g/mol. The number of rotatable bonds is 7. The van der Waals surface area contributed by atoms with Crippen molar-refractivity contribution in [3.05, 3.63) is 89.9 Å². The molecule has 3 rings (SSSR count). The van der Waals surface area contributed by atoms with Gasteiger partial charge in [-0.3, -0.25) is 4.79 Å². The first-order chi connectivity index (χ1) is 12.7. The molecular weight excluding hydrogens is 329 g/mol. The molecule has 132 valence electrons. The zero-order valence-corrected chi connectivity index (χ0v) is 14.3. The highest BCUT2D eigenvalue weighted by Crippen LogP contribution is 2.12. The van der Waals surface area contributed by atoms with Gasteiger partial charge in [0.1, 0.15) is 11.6 Å². The molecule has 3 aromatic rings. The fourth-order valence-corrected chi connectivity index (χ4v) is 2.56. The summed E-state index contributed by atoms with van der Waals surface area (Å²) in [6.45, 7) is 0.839. The van der Waals surface area contributed by atoms with E-state index in [-0.39, 0.29) is 11.5 Å². The maximum atomic E-state index is 13.2. The second kappa shape index (κ2) is 8.76. The standard InChI is InChI=1S/C21H20FN3O/c22-18-10-4-9-17(14-18)21(26)25-20-12-11-19(15-24-20)23-13-5-8-16-6-2-1-3-7-16/h1-4,6-7,9-12,14-15,23H,5,8,13H2,(H,24,25,26). The number of aromatic nitrogens is 1. The Morgan fingerprint density at radius 1 is 1.00 bits per heavy atom. The number of nitrogens with zero attached hydrogens (tertiary/aromatic N) is 1. The van der Waals surface area contributed by atoms with Crippen LogP contribution in [-0.4, -0.2) is 17.4 Å². The maximum Gasteiger partial charge on any atom is 0.256 e. The van der Waals surface area contributed by atoms with Gasteiger partial charge in [-0.25, -0.2) is 9.37 Å². The van der Waals surface area contributed by atoms with Crippen LogP contribution in [0.1, 0.15) is 22.3 Å². The molecule has 0 saturated carbocycles. The topological polar surface area (TPSA) is 54.0 Å². The number of hydrogen-bond acceptors (Lipinski definition) is 3. The lowest BCUT2D eigenvalue weighted by molar-refractivity contribution is 0.102. The highest BCUT2D eigenvalue weighted by Gasteiger charge is 2.07. The van der Waals surface area contributed by atoms with Crippen molar-refractivity contribution < 1.29 is 9.18 Å². The molecule has 0 unspecified atom stereocenters. The van der Waals surface area contributed by atoms with Gasteiger partial charge < -0.3 is 10.6 Å². The van der Waals surface area contributed by atoms with E-state index < -0.39 is 5.82 Å². The fourth-order valence-electron chi connectivity index (χ4n) is 2.56. The van der Waals surface area contributed by atoms with E-state index in [4.69, 9.17) is 0 Å². The molecule has 0 aliphatic rings. The second-order valence-electron chi connectivity index (χ2n) is 5.91. The Hall–Kier alpha value is -3.21. The van der Waals surface area contributed by atoms with Crippen LogP contribution in [0.2, 0.25) is 0 Å². The molecule has 1 heterocycles. The van der Waals surface area contributed by atoms with Crippen LogP contribution in [0.5, 0.6) is 0 Å². The molecule has 2 aromatic carbocycles. The van der Waals surface area contributed by atoms with E-state index in [0.29, 0.717) is 5.82 Å². The summed E-state index contributed by atoms with van der Waals surface area (Å²) >= 11 is 0. The third-order valence-corrected chi connectivity index (χ3v) is 3.91. The molecule has 0 spiro atoms. The molecule has 1 aromatic heterocycles. The summed E-state index contributed by atoms with van der Waals surface area (Å²) in [6, 6.07) is 19.5. The van der Waals surface area contributed by atoms with Crippen molar-refractivity contribution in [2.24, 2.45) is 0 Å². The Balaban J connectivity index is 1.46. The summed E-state index contributed by atoms with van der Waals surface area (Å²) in [5.74, 6) is -0.407. The van der Waals surface area contributed by atoms with E-state index in [1.165, 1.54) is 23.8 Å². The van der Waals surface area contributed by atoms with E-state index in [0.717, 1.165) is 25.1 Å². The number of benzene rings is 2. The number of aryl methyl sites for hydroxylation is 1. The molecule has 1 amide bonds. The van der Waals surface area contributed by atoms with Crippen molar-refractivity contribution in [2.45, 2.75) is 12.8 Å². The van der Waals surface area contributed by atoms with E-state index in [1.54, 1.807) is 18.3 Å². The molecule has 0 radical (unpaired) electrons. The average molecular weight is 349 g/mol.